The van der Waals surface area contributed by atoms with Crippen LogP contribution in [0.4, 0.5) is 0 Å². The summed E-state index contributed by atoms with van der Waals surface area (Å²) in [5, 5.41) is 1.59. The largest absolute Gasteiger partial charge is 0.272 e. The molecule has 1 aromatic heterocycles. The highest BCUT2D eigenvalue weighted by atomic mass is 32.2. The van der Waals surface area contributed by atoms with Gasteiger partial charge in [0.05, 0.1) is 5.25 Å². The number of rotatable bonds is 4. The number of benzene rings is 1. The molecule has 0 saturated carbocycles. The number of aromatic nitrogens is 1. The standard InChI is InChI=1S/C14H15N3O2S2/c1-9-8-20-14(15-9)21-10(2)12(18)16-17-13(19)11-6-4-3-5-7-11/h3-8,10H,1-2H3,(H,16,18)(H,17,19)/t10-/m1/s1. The molecule has 0 spiro atoms. The molecule has 2 amide bonds. The summed E-state index contributed by atoms with van der Waals surface area (Å²) < 4.78 is 0.838. The third-order valence-electron chi connectivity index (χ3n) is 2.58. The van der Waals surface area contributed by atoms with E-state index in [-0.39, 0.29) is 17.1 Å². The zero-order valence-electron chi connectivity index (χ0n) is 11.6. The van der Waals surface area contributed by atoms with Crippen molar-refractivity contribution in [3.8, 4) is 0 Å². The van der Waals surface area contributed by atoms with Crippen LogP contribution < -0.4 is 10.9 Å². The molecular weight excluding hydrogens is 306 g/mol. The number of nitrogens with zero attached hydrogens (tertiary/aromatic N) is 1. The Morgan fingerprint density at radius 2 is 1.95 bits per heavy atom. The van der Waals surface area contributed by atoms with Crippen LogP contribution in [-0.4, -0.2) is 22.0 Å². The molecule has 0 fully saturated rings. The highest BCUT2D eigenvalue weighted by Gasteiger charge is 2.17. The molecule has 2 N–H and O–H groups in total. The van der Waals surface area contributed by atoms with Crippen molar-refractivity contribution in [1.29, 1.82) is 0 Å². The molecule has 21 heavy (non-hydrogen) atoms. The van der Waals surface area contributed by atoms with Gasteiger partial charge in [0, 0.05) is 16.6 Å². The maximum absolute atomic E-state index is 11.9. The Kier molecular flexibility index (Phi) is 5.35. The van der Waals surface area contributed by atoms with Crippen LogP contribution >= 0.6 is 23.1 Å². The van der Waals surface area contributed by atoms with E-state index in [0.29, 0.717) is 5.56 Å². The van der Waals surface area contributed by atoms with Crippen molar-refractivity contribution in [2.45, 2.75) is 23.4 Å². The van der Waals surface area contributed by atoms with Crippen LogP contribution in [0.1, 0.15) is 23.0 Å². The predicted octanol–water partition coefficient (Wildman–Crippen LogP) is 2.39. The minimum absolute atomic E-state index is 0.267. The van der Waals surface area contributed by atoms with Gasteiger partial charge in [0.1, 0.15) is 0 Å². The van der Waals surface area contributed by atoms with Crippen LogP contribution in [0.2, 0.25) is 0 Å². The van der Waals surface area contributed by atoms with Gasteiger partial charge in [0.15, 0.2) is 4.34 Å². The Balaban J connectivity index is 1.82. The van der Waals surface area contributed by atoms with Crippen molar-refractivity contribution < 1.29 is 9.59 Å². The zero-order chi connectivity index (χ0) is 15.2. The summed E-state index contributed by atoms with van der Waals surface area (Å²) >= 11 is 2.87. The molecule has 1 aromatic carbocycles. The van der Waals surface area contributed by atoms with E-state index < -0.39 is 0 Å². The summed E-state index contributed by atoms with van der Waals surface area (Å²) in [4.78, 5) is 28.0. The van der Waals surface area contributed by atoms with E-state index in [1.165, 1.54) is 23.1 Å². The molecule has 0 bridgehead atoms. The molecule has 1 atom stereocenters. The lowest BCUT2D eigenvalue weighted by atomic mass is 10.2. The summed E-state index contributed by atoms with van der Waals surface area (Å²) in [6.45, 7) is 3.68. The van der Waals surface area contributed by atoms with Crippen LogP contribution in [0.25, 0.3) is 0 Å². The Morgan fingerprint density at radius 1 is 1.24 bits per heavy atom. The second kappa shape index (κ2) is 7.24. The average molecular weight is 321 g/mol. The van der Waals surface area contributed by atoms with Crippen molar-refractivity contribution in [2.75, 3.05) is 0 Å². The molecular formula is C14H15N3O2S2. The Labute approximate surface area is 131 Å². The van der Waals surface area contributed by atoms with Crippen molar-refractivity contribution >= 4 is 34.9 Å². The number of hydrogen-bond donors (Lipinski definition) is 2. The number of carbonyl (C=O) groups excluding carboxylic acids is 2. The highest BCUT2D eigenvalue weighted by Crippen LogP contribution is 2.26. The lowest BCUT2D eigenvalue weighted by Gasteiger charge is -2.11. The van der Waals surface area contributed by atoms with Crippen LogP contribution in [0.3, 0.4) is 0 Å². The number of thioether (sulfide) groups is 1. The maximum atomic E-state index is 11.9. The van der Waals surface area contributed by atoms with E-state index in [1.807, 2.05) is 18.4 Å². The Morgan fingerprint density at radius 3 is 2.57 bits per heavy atom. The monoisotopic (exact) mass is 321 g/mol. The van der Waals surface area contributed by atoms with Gasteiger partial charge in [0.25, 0.3) is 11.8 Å². The van der Waals surface area contributed by atoms with E-state index in [4.69, 9.17) is 0 Å². The van der Waals surface area contributed by atoms with Gasteiger partial charge in [-0.15, -0.1) is 11.3 Å². The second-order valence-corrected chi connectivity index (χ2v) is 6.77. The highest BCUT2D eigenvalue weighted by molar-refractivity contribution is 8.02. The minimum Gasteiger partial charge on any atom is -0.272 e. The van der Waals surface area contributed by atoms with Gasteiger partial charge in [-0.3, -0.25) is 20.4 Å². The normalized spacial score (nSPS) is 11.7. The zero-order valence-corrected chi connectivity index (χ0v) is 13.3. The van der Waals surface area contributed by atoms with Gasteiger partial charge >= 0.3 is 0 Å². The smallest absolute Gasteiger partial charge is 0.269 e. The minimum atomic E-state index is -0.341. The summed E-state index contributed by atoms with van der Waals surface area (Å²) in [5.41, 5.74) is 6.26. The number of amides is 2. The second-order valence-electron chi connectivity index (χ2n) is 4.32. The summed E-state index contributed by atoms with van der Waals surface area (Å²) in [5.74, 6) is -0.608. The van der Waals surface area contributed by atoms with Crippen LogP contribution in [0.5, 0.6) is 0 Å². The molecule has 2 rings (SSSR count). The van der Waals surface area contributed by atoms with Gasteiger partial charge in [-0.2, -0.15) is 0 Å². The van der Waals surface area contributed by atoms with E-state index in [1.54, 1.807) is 31.2 Å². The molecule has 5 nitrogen and oxygen atoms in total. The van der Waals surface area contributed by atoms with Gasteiger partial charge in [-0.25, -0.2) is 4.98 Å². The third-order valence-corrected chi connectivity index (χ3v) is 4.77. The van der Waals surface area contributed by atoms with Gasteiger partial charge in [0.2, 0.25) is 0 Å². The van der Waals surface area contributed by atoms with Crippen molar-refractivity contribution in [3.05, 3.63) is 47.0 Å². The maximum Gasteiger partial charge on any atom is 0.269 e. The summed E-state index contributed by atoms with van der Waals surface area (Å²) in [6, 6.07) is 8.71. The molecule has 7 heteroatoms. The first-order chi connectivity index (χ1) is 10.1. The van der Waals surface area contributed by atoms with Crippen molar-refractivity contribution in [2.24, 2.45) is 0 Å². The molecule has 0 aliphatic carbocycles. The fourth-order valence-electron chi connectivity index (χ4n) is 1.47. The fourth-order valence-corrected chi connectivity index (χ4v) is 3.46. The molecule has 0 radical (unpaired) electrons. The first-order valence-electron chi connectivity index (χ1n) is 6.30. The van der Waals surface area contributed by atoms with E-state index >= 15 is 0 Å². The number of hydrogen-bond acceptors (Lipinski definition) is 5. The number of hydrazine groups is 1. The Bertz CT molecular complexity index is 628. The SMILES string of the molecule is Cc1csc(S[C@H](C)C(=O)NNC(=O)c2ccccc2)n1. The predicted molar refractivity (Wildman–Crippen MR) is 84.2 cm³/mol. The number of carbonyl (C=O) groups is 2. The lowest BCUT2D eigenvalue weighted by Crippen LogP contribution is -2.44. The molecule has 1 heterocycles. The number of aryl methyl sites for hydroxylation is 1. The Hall–Kier alpha value is -1.86. The first kappa shape index (κ1) is 15.5. The molecule has 0 unspecified atom stereocenters. The molecule has 110 valence electrons. The molecule has 2 aromatic rings. The van der Waals surface area contributed by atoms with Crippen LogP contribution in [0, 0.1) is 6.92 Å². The van der Waals surface area contributed by atoms with E-state index in [2.05, 4.69) is 15.8 Å². The van der Waals surface area contributed by atoms with Crippen LogP contribution in [-0.2, 0) is 4.79 Å². The van der Waals surface area contributed by atoms with Gasteiger partial charge in [-0.05, 0) is 26.0 Å². The van der Waals surface area contributed by atoms with E-state index in [9.17, 15) is 9.59 Å². The molecule has 0 aliphatic rings. The van der Waals surface area contributed by atoms with Gasteiger partial charge in [-0.1, -0.05) is 30.0 Å². The number of nitrogens with one attached hydrogen (secondary N) is 2. The lowest BCUT2D eigenvalue weighted by molar-refractivity contribution is -0.121. The quantitative estimate of drug-likeness (QED) is 0.670. The topological polar surface area (TPSA) is 71.1 Å². The molecule has 0 saturated heterocycles. The van der Waals surface area contributed by atoms with Crippen LogP contribution in [0.15, 0.2) is 40.1 Å². The first-order valence-corrected chi connectivity index (χ1v) is 8.06. The summed E-state index contributed by atoms with van der Waals surface area (Å²) in [6.07, 6.45) is 0. The van der Waals surface area contributed by atoms with Crippen molar-refractivity contribution in [3.63, 3.8) is 0 Å². The molecule has 0 aliphatic heterocycles. The third kappa shape index (κ3) is 4.57. The summed E-state index contributed by atoms with van der Waals surface area (Å²) in [7, 11) is 0. The van der Waals surface area contributed by atoms with Crippen molar-refractivity contribution in [1.82, 2.24) is 15.8 Å². The van der Waals surface area contributed by atoms with E-state index in [0.717, 1.165) is 10.0 Å². The average Bonchev–Trinajstić information content (AvgIpc) is 2.90. The fraction of sp³-hybridized carbons (Fsp3) is 0.214. The number of thiazole rings is 1. The van der Waals surface area contributed by atoms with Gasteiger partial charge < -0.3 is 0 Å².